The third-order valence-electron chi connectivity index (χ3n) is 4.06. The molecule has 92 valence electrons. The first-order valence-corrected chi connectivity index (χ1v) is 6.67. The van der Waals surface area contributed by atoms with E-state index in [0.29, 0.717) is 23.8 Å². The fourth-order valence-corrected chi connectivity index (χ4v) is 2.89. The van der Waals surface area contributed by atoms with Gasteiger partial charge in [0.1, 0.15) is 0 Å². The SMILES string of the molecule is CC1CCC(C)N(C(=O)CC2CCNC2)C1. The van der Waals surface area contributed by atoms with Crippen LogP contribution < -0.4 is 5.32 Å². The minimum Gasteiger partial charge on any atom is -0.340 e. The first-order valence-electron chi connectivity index (χ1n) is 6.67. The standard InChI is InChI=1S/C13H24N2O/c1-10-3-4-11(2)15(9-10)13(16)7-12-5-6-14-8-12/h10-12,14H,3-9H2,1-2H3. The molecule has 0 aromatic heterocycles. The summed E-state index contributed by atoms with van der Waals surface area (Å²) in [5.41, 5.74) is 0. The first kappa shape index (κ1) is 11.9. The summed E-state index contributed by atoms with van der Waals surface area (Å²) in [6.45, 7) is 7.54. The summed E-state index contributed by atoms with van der Waals surface area (Å²) < 4.78 is 0. The van der Waals surface area contributed by atoms with Gasteiger partial charge in [0.2, 0.25) is 5.91 Å². The van der Waals surface area contributed by atoms with E-state index >= 15 is 0 Å². The minimum absolute atomic E-state index is 0.382. The lowest BCUT2D eigenvalue weighted by atomic mass is 9.93. The molecule has 3 nitrogen and oxygen atoms in total. The van der Waals surface area contributed by atoms with E-state index in [9.17, 15) is 4.79 Å². The average Bonchev–Trinajstić information content (AvgIpc) is 2.74. The van der Waals surface area contributed by atoms with Crippen molar-refractivity contribution in [2.45, 2.75) is 45.6 Å². The van der Waals surface area contributed by atoms with E-state index in [-0.39, 0.29) is 0 Å². The molecular formula is C13H24N2O. The molecule has 1 amide bonds. The summed E-state index contributed by atoms with van der Waals surface area (Å²) in [6.07, 6.45) is 4.37. The molecule has 16 heavy (non-hydrogen) atoms. The summed E-state index contributed by atoms with van der Waals surface area (Å²) in [5, 5.41) is 3.33. The molecule has 3 atom stereocenters. The molecule has 3 heteroatoms. The maximum atomic E-state index is 12.2. The number of hydrogen-bond acceptors (Lipinski definition) is 2. The van der Waals surface area contributed by atoms with Gasteiger partial charge >= 0.3 is 0 Å². The monoisotopic (exact) mass is 224 g/mol. The first-order chi connectivity index (χ1) is 7.66. The Kier molecular flexibility index (Phi) is 3.85. The number of nitrogens with one attached hydrogen (secondary N) is 1. The van der Waals surface area contributed by atoms with E-state index in [4.69, 9.17) is 0 Å². The Bertz CT molecular complexity index is 248. The highest BCUT2D eigenvalue weighted by Gasteiger charge is 2.28. The zero-order valence-corrected chi connectivity index (χ0v) is 10.5. The van der Waals surface area contributed by atoms with Gasteiger partial charge in [0.05, 0.1) is 0 Å². The number of likely N-dealkylation sites (tertiary alicyclic amines) is 1. The van der Waals surface area contributed by atoms with Gasteiger partial charge in [-0.25, -0.2) is 0 Å². The van der Waals surface area contributed by atoms with Crippen molar-refractivity contribution < 1.29 is 4.79 Å². The van der Waals surface area contributed by atoms with Crippen LogP contribution in [0, 0.1) is 11.8 Å². The van der Waals surface area contributed by atoms with E-state index in [2.05, 4.69) is 24.1 Å². The Labute approximate surface area is 98.6 Å². The number of carbonyl (C=O) groups is 1. The molecule has 0 radical (unpaired) electrons. The fraction of sp³-hybridized carbons (Fsp3) is 0.923. The van der Waals surface area contributed by atoms with Crippen LogP contribution in [0.5, 0.6) is 0 Å². The van der Waals surface area contributed by atoms with Crippen LogP contribution in [0.25, 0.3) is 0 Å². The molecule has 2 rings (SSSR count). The Morgan fingerprint density at radius 1 is 1.31 bits per heavy atom. The highest BCUT2D eigenvalue weighted by Crippen LogP contribution is 2.23. The fourth-order valence-electron chi connectivity index (χ4n) is 2.89. The van der Waals surface area contributed by atoms with Crippen molar-refractivity contribution in [3.05, 3.63) is 0 Å². The number of amides is 1. The zero-order chi connectivity index (χ0) is 11.5. The average molecular weight is 224 g/mol. The van der Waals surface area contributed by atoms with Crippen LogP contribution in [-0.2, 0) is 4.79 Å². The third kappa shape index (κ3) is 2.76. The Balaban J connectivity index is 1.86. The summed E-state index contributed by atoms with van der Waals surface area (Å²) >= 11 is 0. The second kappa shape index (κ2) is 5.17. The highest BCUT2D eigenvalue weighted by atomic mass is 16.2. The van der Waals surface area contributed by atoms with Crippen molar-refractivity contribution in [2.24, 2.45) is 11.8 Å². The lowest BCUT2D eigenvalue weighted by Gasteiger charge is -2.37. The molecule has 2 aliphatic rings. The second-order valence-corrected chi connectivity index (χ2v) is 5.64. The zero-order valence-electron chi connectivity index (χ0n) is 10.5. The maximum Gasteiger partial charge on any atom is 0.223 e. The van der Waals surface area contributed by atoms with E-state index in [1.807, 2.05) is 0 Å². The van der Waals surface area contributed by atoms with Gasteiger partial charge in [-0.05, 0) is 51.1 Å². The van der Waals surface area contributed by atoms with Crippen LogP contribution in [0.1, 0.15) is 39.5 Å². The summed E-state index contributed by atoms with van der Waals surface area (Å²) in [7, 11) is 0. The molecule has 2 heterocycles. The van der Waals surface area contributed by atoms with Gasteiger partial charge in [-0.3, -0.25) is 4.79 Å². The Morgan fingerprint density at radius 2 is 2.12 bits per heavy atom. The lowest BCUT2D eigenvalue weighted by molar-refractivity contribution is -0.136. The minimum atomic E-state index is 0.382. The molecule has 2 saturated heterocycles. The molecule has 2 fully saturated rings. The van der Waals surface area contributed by atoms with Gasteiger partial charge in [0.25, 0.3) is 0 Å². The second-order valence-electron chi connectivity index (χ2n) is 5.64. The van der Waals surface area contributed by atoms with Gasteiger partial charge in [0.15, 0.2) is 0 Å². The predicted octanol–water partition coefficient (Wildman–Crippen LogP) is 1.63. The lowest BCUT2D eigenvalue weighted by Crippen LogP contribution is -2.45. The van der Waals surface area contributed by atoms with Crippen LogP contribution in [0.15, 0.2) is 0 Å². The Hall–Kier alpha value is -0.570. The molecule has 0 saturated carbocycles. The topological polar surface area (TPSA) is 32.3 Å². The predicted molar refractivity (Wildman–Crippen MR) is 65.2 cm³/mol. The van der Waals surface area contributed by atoms with Gasteiger partial charge in [0, 0.05) is 19.0 Å². The Morgan fingerprint density at radius 3 is 2.81 bits per heavy atom. The van der Waals surface area contributed by atoms with Crippen molar-refractivity contribution in [1.29, 1.82) is 0 Å². The van der Waals surface area contributed by atoms with Crippen LogP contribution in [0.2, 0.25) is 0 Å². The van der Waals surface area contributed by atoms with E-state index in [1.165, 1.54) is 19.3 Å². The van der Waals surface area contributed by atoms with Crippen molar-refractivity contribution >= 4 is 5.91 Å². The smallest absolute Gasteiger partial charge is 0.223 e. The number of carbonyl (C=O) groups excluding carboxylic acids is 1. The van der Waals surface area contributed by atoms with Crippen LogP contribution in [-0.4, -0.2) is 36.5 Å². The van der Waals surface area contributed by atoms with Gasteiger partial charge in [-0.15, -0.1) is 0 Å². The van der Waals surface area contributed by atoms with Crippen molar-refractivity contribution in [3.63, 3.8) is 0 Å². The molecule has 0 aliphatic carbocycles. The van der Waals surface area contributed by atoms with Crippen molar-refractivity contribution in [3.8, 4) is 0 Å². The molecule has 2 aliphatic heterocycles. The molecule has 0 spiro atoms. The summed E-state index contributed by atoms with van der Waals surface area (Å²) in [4.78, 5) is 14.3. The summed E-state index contributed by atoms with van der Waals surface area (Å²) in [5.74, 6) is 1.64. The number of hydrogen-bond donors (Lipinski definition) is 1. The van der Waals surface area contributed by atoms with Gasteiger partial charge in [-0.1, -0.05) is 6.92 Å². The number of rotatable bonds is 2. The van der Waals surface area contributed by atoms with Gasteiger partial charge in [-0.2, -0.15) is 0 Å². The highest BCUT2D eigenvalue weighted by molar-refractivity contribution is 5.77. The maximum absolute atomic E-state index is 12.2. The molecule has 3 unspecified atom stereocenters. The van der Waals surface area contributed by atoms with E-state index < -0.39 is 0 Å². The molecule has 0 aromatic rings. The van der Waals surface area contributed by atoms with E-state index in [1.54, 1.807) is 0 Å². The van der Waals surface area contributed by atoms with Crippen LogP contribution >= 0.6 is 0 Å². The number of nitrogens with zero attached hydrogens (tertiary/aromatic N) is 1. The van der Waals surface area contributed by atoms with Crippen LogP contribution in [0.3, 0.4) is 0 Å². The molecule has 0 aromatic carbocycles. The van der Waals surface area contributed by atoms with Crippen molar-refractivity contribution in [2.75, 3.05) is 19.6 Å². The van der Waals surface area contributed by atoms with Gasteiger partial charge < -0.3 is 10.2 Å². The normalized spacial score (nSPS) is 35.4. The van der Waals surface area contributed by atoms with Crippen molar-refractivity contribution in [1.82, 2.24) is 10.2 Å². The largest absolute Gasteiger partial charge is 0.340 e. The molecular weight excluding hydrogens is 200 g/mol. The van der Waals surface area contributed by atoms with E-state index in [0.717, 1.165) is 26.1 Å². The third-order valence-corrected chi connectivity index (χ3v) is 4.06. The summed E-state index contributed by atoms with van der Waals surface area (Å²) in [6, 6.07) is 0.457. The molecule has 1 N–H and O–H groups in total. The number of piperidine rings is 1. The quantitative estimate of drug-likeness (QED) is 0.773. The molecule has 0 bridgehead atoms. The van der Waals surface area contributed by atoms with Crippen LogP contribution in [0.4, 0.5) is 0 Å².